The van der Waals surface area contributed by atoms with E-state index < -0.39 is 15.8 Å². The normalized spacial score (nSPS) is 13.0. The lowest BCUT2D eigenvalue weighted by atomic mass is 10.2. The van der Waals surface area contributed by atoms with E-state index in [1.165, 1.54) is 30.3 Å². The van der Waals surface area contributed by atoms with Crippen LogP contribution in [0.3, 0.4) is 0 Å². The molecule has 0 aromatic heterocycles. The van der Waals surface area contributed by atoms with Crippen molar-refractivity contribution in [2.75, 3.05) is 30.5 Å². The molecule has 2 aromatic rings. The van der Waals surface area contributed by atoms with Crippen LogP contribution in [0.2, 0.25) is 0 Å². The van der Waals surface area contributed by atoms with Crippen LogP contribution in [0, 0.1) is 5.82 Å². The fourth-order valence-corrected chi connectivity index (χ4v) is 3.31. The maximum Gasteiger partial charge on any atom is 0.262 e. The van der Waals surface area contributed by atoms with Crippen molar-refractivity contribution in [2.24, 2.45) is 0 Å². The van der Waals surface area contributed by atoms with Gasteiger partial charge >= 0.3 is 0 Å². The molecule has 8 heteroatoms. The van der Waals surface area contributed by atoms with Gasteiger partial charge in [-0.2, -0.15) is 0 Å². The first-order chi connectivity index (χ1) is 10.9. The fourth-order valence-electron chi connectivity index (χ4n) is 2.23. The molecule has 3 rings (SSSR count). The summed E-state index contributed by atoms with van der Waals surface area (Å²) in [5, 5.41) is 0. The molecular formula is C15H15FN2O4S. The Morgan fingerprint density at radius 3 is 2.57 bits per heavy atom. The molecule has 0 spiro atoms. The van der Waals surface area contributed by atoms with Gasteiger partial charge < -0.3 is 14.4 Å². The van der Waals surface area contributed by atoms with E-state index >= 15 is 0 Å². The average Bonchev–Trinajstić information content (AvgIpc) is 2.93. The van der Waals surface area contributed by atoms with Gasteiger partial charge in [0.15, 0.2) is 11.5 Å². The largest absolute Gasteiger partial charge is 0.454 e. The van der Waals surface area contributed by atoms with E-state index in [0.717, 1.165) is 6.07 Å². The van der Waals surface area contributed by atoms with E-state index in [-0.39, 0.29) is 17.4 Å². The summed E-state index contributed by atoms with van der Waals surface area (Å²) in [4.78, 5) is 1.70. The molecule has 23 heavy (non-hydrogen) atoms. The van der Waals surface area contributed by atoms with E-state index in [4.69, 9.17) is 9.47 Å². The van der Waals surface area contributed by atoms with Crippen LogP contribution in [0.15, 0.2) is 41.3 Å². The minimum absolute atomic E-state index is 0.00992. The molecule has 0 atom stereocenters. The Kier molecular flexibility index (Phi) is 3.77. The van der Waals surface area contributed by atoms with Gasteiger partial charge in [-0.15, -0.1) is 0 Å². The van der Waals surface area contributed by atoms with Crippen molar-refractivity contribution >= 4 is 21.4 Å². The Bertz CT molecular complexity index is 853. The second-order valence-electron chi connectivity index (χ2n) is 5.18. The molecule has 0 amide bonds. The van der Waals surface area contributed by atoms with Crippen LogP contribution >= 0.6 is 0 Å². The van der Waals surface area contributed by atoms with Crippen molar-refractivity contribution in [1.82, 2.24) is 0 Å². The smallest absolute Gasteiger partial charge is 0.262 e. The number of anilines is 2. The highest BCUT2D eigenvalue weighted by Gasteiger charge is 2.21. The minimum atomic E-state index is -3.89. The van der Waals surface area contributed by atoms with Gasteiger partial charge in [-0.25, -0.2) is 12.8 Å². The van der Waals surface area contributed by atoms with Crippen molar-refractivity contribution in [2.45, 2.75) is 4.90 Å². The second kappa shape index (κ2) is 5.62. The Morgan fingerprint density at radius 2 is 1.83 bits per heavy atom. The summed E-state index contributed by atoms with van der Waals surface area (Å²) >= 11 is 0. The highest BCUT2D eigenvalue weighted by molar-refractivity contribution is 7.92. The summed E-state index contributed by atoms with van der Waals surface area (Å²) < 4.78 is 51.3. The number of fused-ring (bicyclic) bond motifs is 1. The first kappa shape index (κ1) is 15.4. The molecule has 122 valence electrons. The van der Waals surface area contributed by atoms with Crippen LogP contribution < -0.4 is 19.1 Å². The number of benzene rings is 2. The number of sulfonamides is 1. The summed E-state index contributed by atoms with van der Waals surface area (Å²) in [5.74, 6) is 0.322. The molecule has 0 unspecified atom stereocenters. The van der Waals surface area contributed by atoms with Crippen molar-refractivity contribution in [1.29, 1.82) is 0 Å². The van der Waals surface area contributed by atoms with Gasteiger partial charge in [0.05, 0.1) is 16.3 Å². The predicted molar refractivity (Wildman–Crippen MR) is 84.1 cm³/mol. The fraction of sp³-hybridized carbons (Fsp3) is 0.200. The maximum absolute atomic E-state index is 13.5. The number of rotatable bonds is 4. The van der Waals surface area contributed by atoms with E-state index in [2.05, 4.69) is 4.72 Å². The third kappa shape index (κ3) is 3.02. The van der Waals surface area contributed by atoms with Crippen molar-refractivity contribution in [3.63, 3.8) is 0 Å². The lowest BCUT2D eigenvalue weighted by Gasteiger charge is -2.18. The molecule has 0 radical (unpaired) electrons. The van der Waals surface area contributed by atoms with E-state index in [9.17, 15) is 12.8 Å². The highest BCUT2D eigenvalue weighted by Crippen LogP contribution is 2.35. The van der Waals surface area contributed by atoms with Gasteiger partial charge in [0.25, 0.3) is 10.0 Å². The second-order valence-corrected chi connectivity index (χ2v) is 6.86. The predicted octanol–water partition coefficient (Wildman–Crippen LogP) is 2.42. The van der Waals surface area contributed by atoms with E-state index in [0.29, 0.717) is 17.2 Å². The van der Waals surface area contributed by atoms with Gasteiger partial charge in [0, 0.05) is 26.2 Å². The lowest BCUT2D eigenvalue weighted by Crippen LogP contribution is -2.17. The monoisotopic (exact) mass is 338 g/mol. The SMILES string of the molecule is CN(C)c1ccc(F)cc1NS(=O)(=O)c1ccc2c(c1)OCO2. The Balaban J connectivity index is 1.97. The standard InChI is InChI=1S/C15H15FN2O4S/c1-18(2)13-5-3-10(16)7-12(13)17-23(19,20)11-4-6-14-15(8-11)22-9-21-14/h3-8,17H,9H2,1-2H3. The molecule has 0 aliphatic carbocycles. The topological polar surface area (TPSA) is 67.9 Å². The molecule has 1 N–H and O–H groups in total. The maximum atomic E-state index is 13.5. The minimum Gasteiger partial charge on any atom is -0.454 e. The number of nitrogens with one attached hydrogen (secondary N) is 1. The van der Waals surface area contributed by atoms with Crippen molar-refractivity contribution < 1.29 is 22.3 Å². The molecule has 0 saturated carbocycles. The summed E-state index contributed by atoms with van der Waals surface area (Å²) in [5.41, 5.74) is 0.711. The molecule has 1 aliphatic rings. The Morgan fingerprint density at radius 1 is 1.09 bits per heavy atom. The summed E-state index contributed by atoms with van der Waals surface area (Å²) in [6.45, 7) is 0.0565. The Hall–Kier alpha value is -2.48. The molecule has 0 saturated heterocycles. The summed E-state index contributed by atoms with van der Waals surface area (Å²) in [6, 6.07) is 8.22. The zero-order valence-corrected chi connectivity index (χ0v) is 13.4. The third-order valence-electron chi connectivity index (χ3n) is 3.34. The van der Waals surface area contributed by atoms with Crippen LogP contribution in [-0.4, -0.2) is 29.3 Å². The number of hydrogen-bond acceptors (Lipinski definition) is 5. The molecule has 1 aliphatic heterocycles. The Labute approximate surface area is 133 Å². The third-order valence-corrected chi connectivity index (χ3v) is 4.70. The number of halogens is 1. The van der Waals surface area contributed by atoms with Crippen molar-refractivity contribution in [3.8, 4) is 11.5 Å². The number of nitrogens with zero attached hydrogens (tertiary/aromatic N) is 1. The first-order valence-corrected chi connectivity index (χ1v) is 8.24. The number of hydrogen-bond donors (Lipinski definition) is 1. The van der Waals surface area contributed by atoms with Gasteiger partial charge in [-0.3, -0.25) is 4.72 Å². The average molecular weight is 338 g/mol. The van der Waals surface area contributed by atoms with E-state index in [1.807, 2.05) is 0 Å². The molecule has 2 aromatic carbocycles. The van der Waals surface area contributed by atoms with Gasteiger partial charge in [0.2, 0.25) is 6.79 Å². The molecule has 0 fully saturated rings. The van der Waals surface area contributed by atoms with Crippen molar-refractivity contribution in [3.05, 3.63) is 42.2 Å². The zero-order chi connectivity index (χ0) is 16.6. The van der Waals surface area contributed by atoms with Crippen LogP contribution in [0.1, 0.15) is 0 Å². The lowest BCUT2D eigenvalue weighted by molar-refractivity contribution is 0.174. The van der Waals surface area contributed by atoms with Crippen LogP contribution in [0.4, 0.5) is 15.8 Å². The summed E-state index contributed by atoms with van der Waals surface area (Å²) in [7, 11) is -0.403. The number of ether oxygens (including phenoxy) is 2. The molecule has 6 nitrogen and oxygen atoms in total. The van der Waals surface area contributed by atoms with Crippen LogP contribution in [0.25, 0.3) is 0 Å². The molecule has 0 bridgehead atoms. The zero-order valence-electron chi connectivity index (χ0n) is 12.5. The van der Waals surface area contributed by atoms with E-state index in [1.54, 1.807) is 19.0 Å². The quantitative estimate of drug-likeness (QED) is 0.927. The van der Waals surface area contributed by atoms with Crippen LogP contribution in [-0.2, 0) is 10.0 Å². The first-order valence-electron chi connectivity index (χ1n) is 6.76. The van der Waals surface area contributed by atoms with Gasteiger partial charge in [-0.05, 0) is 24.3 Å². The van der Waals surface area contributed by atoms with Crippen LogP contribution in [0.5, 0.6) is 11.5 Å². The van der Waals surface area contributed by atoms with Gasteiger partial charge in [-0.1, -0.05) is 0 Å². The van der Waals surface area contributed by atoms with Gasteiger partial charge in [0.1, 0.15) is 5.82 Å². The molecule has 1 heterocycles. The summed E-state index contributed by atoms with van der Waals surface area (Å²) in [6.07, 6.45) is 0. The molecular weight excluding hydrogens is 323 g/mol. The highest BCUT2D eigenvalue weighted by atomic mass is 32.2.